The highest BCUT2D eigenvalue weighted by Gasteiger charge is 2.23. The second-order valence-corrected chi connectivity index (χ2v) is 3.45. The molecule has 1 heterocycles. The van der Waals surface area contributed by atoms with Gasteiger partial charge in [-0.05, 0) is 23.6 Å². The van der Waals surface area contributed by atoms with Crippen LogP contribution in [0.15, 0.2) is 18.2 Å². The van der Waals surface area contributed by atoms with Crippen LogP contribution in [-0.2, 0) is 17.6 Å². The lowest BCUT2D eigenvalue weighted by molar-refractivity contribution is -0.117. The van der Waals surface area contributed by atoms with Gasteiger partial charge >= 0.3 is 0 Å². The number of hydrogen-bond donors (Lipinski definition) is 0. The lowest BCUT2D eigenvalue weighted by Gasteiger charge is -2.09. The van der Waals surface area contributed by atoms with Crippen LogP contribution in [0.4, 0.5) is 5.69 Å². The molecule has 0 saturated heterocycles. The zero-order valence-corrected chi connectivity index (χ0v) is 8.00. The molecule has 0 unspecified atom stereocenters. The van der Waals surface area contributed by atoms with Crippen molar-refractivity contribution in [2.45, 2.75) is 19.8 Å². The van der Waals surface area contributed by atoms with E-state index in [0.717, 1.165) is 12.1 Å². The Morgan fingerprint density at radius 1 is 1.46 bits per heavy atom. The Morgan fingerprint density at radius 3 is 2.92 bits per heavy atom. The molecule has 2 rings (SSSR count). The molecule has 2 heteroatoms. The summed E-state index contributed by atoms with van der Waals surface area (Å²) >= 11 is 0. The molecule has 0 aromatic heterocycles. The summed E-state index contributed by atoms with van der Waals surface area (Å²) in [5.74, 6) is 0.197. The molecule has 0 aliphatic carbocycles. The van der Waals surface area contributed by atoms with Gasteiger partial charge in [0.1, 0.15) is 0 Å². The standard InChI is InChI=1S/C11H13NO/c1-3-8-4-5-10-9(6-8)7-11(13)12(10)2/h4-6H,3,7H2,1-2H3. The number of likely N-dealkylation sites (N-methyl/N-ethyl adjacent to an activating group) is 1. The van der Waals surface area contributed by atoms with Crippen molar-refractivity contribution >= 4 is 11.6 Å². The van der Waals surface area contributed by atoms with Gasteiger partial charge in [0.25, 0.3) is 0 Å². The minimum Gasteiger partial charge on any atom is -0.315 e. The van der Waals surface area contributed by atoms with E-state index in [1.807, 2.05) is 13.1 Å². The Bertz CT molecular complexity index is 357. The van der Waals surface area contributed by atoms with Crippen molar-refractivity contribution in [3.8, 4) is 0 Å². The number of benzene rings is 1. The highest BCUT2D eigenvalue weighted by atomic mass is 16.2. The van der Waals surface area contributed by atoms with E-state index in [-0.39, 0.29) is 5.91 Å². The summed E-state index contributed by atoms with van der Waals surface area (Å²) in [5, 5.41) is 0. The van der Waals surface area contributed by atoms with E-state index in [1.54, 1.807) is 4.90 Å². The minimum absolute atomic E-state index is 0.197. The van der Waals surface area contributed by atoms with E-state index >= 15 is 0 Å². The average Bonchev–Trinajstić information content (AvgIpc) is 2.42. The summed E-state index contributed by atoms with van der Waals surface area (Å²) in [5.41, 5.74) is 3.55. The van der Waals surface area contributed by atoms with E-state index in [2.05, 4.69) is 19.1 Å². The van der Waals surface area contributed by atoms with Gasteiger partial charge in [-0.1, -0.05) is 19.1 Å². The Hall–Kier alpha value is -1.31. The zero-order valence-electron chi connectivity index (χ0n) is 8.00. The summed E-state index contributed by atoms with van der Waals surface area (Å²) in [6.07, 6.45) is 1.60. The maximum absolute atomic E-state index is 11.4. The molecule has 0 bridgehead atoms. The van der Waals surface area contributed by atoms with Crippen molar-refractivity contribution < 1.29 is 4.79 Å². The normalized spacial score (nSPS) is 14.9. The van der Waals surface area contributed by atoms with Gasteiger partial charge in [0, 0.05) is 12.7 Å². The van der Waals surface area contributed by atoms with Gasteiger partial charge in [-0.3, -0.25) is 4.79 Å². The van der Waals surface area contributed by atoms with Crippen LogP contribution in [0, 0.1) is 0 Å². The van der Waals surface area contributed by atoms with Crippen molar-refractivity contribution in [1.82, 2.24) is 0 Å². The van der Waals surface area contributed by atoms with Crippen molar-refractivity contribution in [1.29, 1.82) is 0 Å². The Balaban J connectivity index is 2.46. The van der Waals surface area contributed by atoms with Crippen LogP contribution in [0.2, 0.25) is 0 Å². The lowest BCUT2D eigenvalue weighted by atomic mass is 10.1. The third kappa shape index (κ3) is 1.22. The highest BCUT2D eigenvalue weighted by molar-refractivity contribution is 6.00. The Labute approximate surface area is 78.2 Å². The van der Waals surface area contributed by atoms with E-state index in [9.17, 15) is 4.79 Å². The maximum atomic E-state index is 11.4. The number of anilines is 1. The van der Waals surface area contributed by atoms with Crippen LogP contribution in [0.1, 0.15) is 18.1 Å². The number of amides is 1. The van der Waals surface area contributed by atoms with Crippen LogP contribution in [0.25, 0.3) is 0 Å². The molecule has 13 heavy (non-hydrogen) atoms. The van der Waals surface area contributed by atoms with Crippen molar-refractivity contribution in [3.05, 3.63) is 29.3 Å². The Morgan fingerprint density at radius 2 is 2.23 bits per heavy atom. The first-order valence-corrected chi connectivity index (χ1v) is 4.60. The topological polar surface area (TPSA) is 20.3 Å². The molecule has 1 aliphatic rings. The number of rotatable bonds is 1. The SMILES string of the molecule is CCc1ccc2c(c1)CC(=O)N2C. The largest absolute Gasteiger partial charge is 0.315 e. The average molecular weight is 175 g/mol. The number of hydrogen-bond acceptors (Lipinski definition) is 1. The Kier molecular flexibility index (Phi) is 1.83. The first-order chi connectivity index (χ1) is 6.22. The quantitative estimate of drug-likeness (QED) is 0.637. The lowest BCUT2D eigenvalue weighted by Crippen LogP contribution is -2.20. The smallest absolute Gasteiger partial charge is 0.231 e. The third-order valence-electron chi connectivity index (χ3n) is 2.63. The van der Waals surface area contributed by atoms with Crippen molar-refractivity contribution in [2.75, 3.05) is 11.9 Å². The van der Waals surface area contributed by atoms with Gasteiger partial charge in [-0.2, -0.15) is 0 Å². The molecule has 2 nitrogen and oxygen atoms in total. The fraction of sp³-hybridized carbons (Fsp3) is 0.364. The van der Waals surface area contributed by atoms with Gasteiger partial charge in [0.15, 0.2) is 0 Å². The molecular weight excluding hydrogens is 162 g/mol. The van der Waals surface area contributed by atoms with Gasteiger partial charge in [0.2, 0.25) is 5.91 Å². The van der Waals surface area contributed by atoms with Gasteiger partial charge < -0.3 is 4.90 Å². The van der Waals surface area contributed by atoms with E-state index < -0.39 is 0 Å². The molecule has 1 aromatic rings. The number of carbonyl (C=O) groups is 1. The van der Waals surface area contributed by atoms with E-state index in [4.69, 9.17) is 0 Å². The van der Waals surface area contributed by atoms with Crippen LogP contribution in [-0.4, -0.2) is 13.0 Å². The molecule has 68 valence electrons. The third-order valence-corrected chi connectivity index (χ3v) is 2.63. The maximum Gasteiger partial charge on any atom is 0.231 e. The molecule has 0 atom stereocenters. The molecule has 1 amide bonds. The highest BCUT2D eigenvalue weighted by Crippen LogP contribution is 2.28. The minimum atomic E-state index is 0.197. The first kappa shape index (κ1) is 8.30. The predicted octanol–water partition coefficient (Wildman–Crippen LogP) is 1.77. The summed E-state index contributed by atoms with van der Waals surface area (Å²) in [4.78, 5) is 13.1. The molecule has 0 fully saturated rings. The molecule has 0 saturated carbocycles. The fourth-order valence-corrected chi connectivity index (χ4v) is 1.74. The van der Waals surface area contributed by atoms with Gasteiger partial charge in [-0.15, -0.1) is 0 Å². The number of nitrogens with zero attached hydrogens (tertiary/aromatic N) is 1. The second-order valence-electron chi connectivity index (χ2n) is 3.45. The summed E-state index contributed by atoms with van der Waals surface area (Å²) in [6.45, 7) is 2.13. The van der Waals surface area contributed by atoms with E-state index in [1.165, 1.54) is 11.1 Å². The monoisotopic (exact) mass is 175 g/mol. The fourth-order valence-electron chi connectivity index (χ4n) is 1.74. The van der Waals surface area contributed by atoms with Crippen LogP contribution in [0.3, 0.4) is 0 Å². The second kappa shape index (κ2) is 2.87. The molecule has 0 N–H and O–H groups in total. The molecule has 0 spiro atoms. The molecule has 0 radical (unpaired) electrons. The van der Waals surface area contributed by atoms with Crippen LogP contribution < -0.4 is 4.90 Å². The summed E-state index contributed by atoms with van der Waals surface area (Å²) in [7, 11) is 1.83. The van der Waals surface area contributed by atoms with E-state index in [0.29, 0.717) is 6.42 Å². The number of carbonyl (C=O) groups excluding carboxylic acids is 1. The predicted molar refractivity (Wildman–Crippen MR) is 52.9 cm³/mol. The van der Waals surface area contributed by atoms with Crippen LogP contribution in [0.5, 0.6) is 0 Å². The van der Waals surface area contributed by atoms with Gasteiger partial charge in [-0.25, -0.2) is 0 Å². The first-order valence-electron chi connectivity index (χ1n) is 4.60. The molecule has 1 aliphatic heterocycles. The summed E-state index contributed by atoms with van der Waals surface area (Å²) < 4.78 is 0. The van der Waals surface area contributed by atoms with Crippen LogP contribution >= 0.6 is 0 Å². The zero-order chi connectivity index (χ0) is 9.42. The summed E-state index contributed by atoms with van der Waals surface area (Å²) in [6, 6.07) is 6.27. The molecule has 1 aromatic carbocycles. The van der Waals surface area contributed by atoms with Crippen molar-refractivity contribution in [2.24, 2.45) is 0 Å². The van der Waals surface area contributed by atoms with Gasteiger partial charge in [0.05, 0.1) is 6.42 Å². The molecular formula is C11H13NO. The number of fused-ring (bicyclic) bond motifs is 1. The number of aryl methyl sites for hydroxylation is 1. The van der Waals surface area contributed by atoms with Crippen molar-refractivity contribution in [3.63, 3.8) is 0 Å².